The van der Waals surface area contributed by atoms with E-state index < -0.39 is 0 Å². The molecule has 0 amide bonds. The van der Waals surface area contributed by atoms with E-state index >= 15 is 0 Å². The van der Waals surface area contributed by atoms with E-state index in [2.05, 4.69) is 13.8 Å². The fourth-order valence-corrected chi connectivity index (χ4v) is 7.42. The summed E-state index contributed by atoms with van der Waals surface area (Å²) in [5.41, 5.74) is 0. The minimum Gasteiger partial charge on any atom is -0.466 e. The third-order valence-electron chi connectivity index (χ3n) is 11.0. The summed E-state index contributed by atoms with van der Waals surface area (Å²) in [5, 5.41) is 0. The Hall–Kier alpha value is -1.06. The molecule has 310 valence electrons. The molecule has 0 aromatic rings. The van der Waals surface area contributed by atoms with Gasteiger partial charge in [0, 0.05) is 12.8 Å². The fraction of sp³-hybridized carbons (Fsp3) is 0.958. The van der Waals surface area contributed by atoms with Crippen molar-refractivity contribution in [2.45, 2.75) is 284 Å². The van der Waals surface area contributed by atoms with Gasteiger partial charge in [-0.05, 0) is 25.7 Å². The lowest BCUT2D eigenvalue weighted by Gasteiger charge is -2.06. The van der Waals surface area contributed by atoms with E-state index in [-0.39, 0.29) is 11.9 Å². The van der Waals surface area contributed by atoms with Crippen molar-refractivity contribution in [3.63, 3.8) is 0 Å². The lowest BCUT2D eigenvalue weighted by atomic mass is 10.0. The van der Waals surface area contributed by atoms with Crippen LogP contribution in [0.2, 0.25) is 0 Å². The Morgan fingerprint density at radius 3 is 0.635 bits per heavy atom. The smallest absolute Gasteiger partial charge is 0.305 e. The summed E-state index contributed by atoms with van der Waals surface area (Å²) in [4.78, 5) is 24.0. The first-order valence-corrected chi connectivity index (χ1v) is 24.0. The number of ether oxygens (including phenoxy) is 2. The van der Waals surface area contributed by atoms with E-state index in [1.54, 1.807) is 0 Å². The molecule has 0 saturated heterocycles. The van der Waals surface area contributed by atoms with E-state index in [9.17, 15) is 9.59 Å². The summed E-state index contributed by atoms with van der Waals surface area (Å²) in [6.45, 7) is 5.78. The van der Waals surface area contributed by atoms with Crippen molar-refractivity contribution in [1.29, 1.82) is 0 Å². The van der Waals surface area contributed by atoms with Gasteiger partial charge in [0.05, 0.1) is 13.2 Å². The zero-order valence-corrected chi connectivity index (χ0v) is 35.7. The first-order valence-electron chi connectivity index (χ1n) is 24.0. The number of unbranched alkanes of at least 4 members (excludes halogenated alkanes) is 37. The molecule has 4 nitrogen and oxygen atoms in total. The second-order valence-corrected chi connectivity index (χ2v) is 16.4. The van der Waals surface area contributed by atoms with E-state index in [4.69, 9.17) is 9.47 Å². The van der Waals surface area contributed by atoms with Gasteiger partial charge in [-0.25, -0.2) is 0 Å². The summed E-state index contributed by atoms with van der Waals surface area (Å²) >= 11 is 0. The highest BCUT2D eigenvalue weighted by Crippen LogP contribution is 2.16. The molecule has 4 heteroatoms. The van der Waals surface area contributed by atoms with Crippen LogP contribution in [-0.4, -0.2) is 25.2 Å². The van der Waals surface area contributed by atoms with Crippen molar-refractivity contribution in [3.8, 4) is 0 Å². The maximum atomic E-state index is 12.0. The minimum atomic E-state index is -0.0114. The van der Waals surface area contributed by atoms with Gasteiger partial charge in [0.2, 0.25) is 0 Å². The highest BCUT2D eigenvalue weighted by atomic mass is 16.5. The predicted molar refractivity (Wildman–Crippen MR) is 227 cm³/mol. The average Bonchev–Trinajstić information content (AvgIpc) is 3.14. The molecule has 0 N–H and O–H groups in total. The van der Waals surface area contributed by atoms with Gasteiger partial charge in [-0.3, -0.25) is 9.59 Å². The molecule has 0 unspecified atom stereocenters. The van der Waals surface area contributed by atoms with Crippen LogP contribution in [0.4, 0.5) is 0 Å². The maximum Gasteiger partial charge on any atom is 0.305 e. The van der Waals surface area contributed by atoms with E-state index in [0.29, 0.717) is 26.1 Å². The van der Waals surface area contributed by atoms with Crippen LogP contribution in [0, 0.1) is 0 Å². The van der Waals surface area contributed by atoms with Crippen LogP contribution >= 0.6 is 0 Å². The number of carbonyl (C=O) groups is 2. The third-order valence-corrected chi connectivity index (χ3v) is 11.0. The molecule has 0 rings (SSSR count). The van der Waals surface area contributed by atoms with Crippen LogP contribution in [0.3, 0.4) is 0 Å². The number of hydrogen-bond acceptors (Lipinski definition) is 4. The summed E-state index contributed by atoms with van der Waals surface area (Å²) < 4.78 is 10.9. The Bertz CT molecular complexity index is 634. The van der Waals surface area contributed by atoms with Gasteiger partial charge in [-0.15, -0.1) is 0 Å². The molecule has 0 aliphatic heterocycles. The monoisotopic (exact) mass is 735 g/mol. The molecule has 0 aromatic heterocycles. The molecule has 0 spiro atoms. The summed E-state index contributed by atoms with van der Waals surface area (Å²) in [7, 11) is 0. The van der Waals surface area contributed by atoms with Gasteiger partial charge in [0.15, 0.2) is 0 Å². The van der Waals surface area contributed by atoms with Gasteiger partial charge >= 0.3 is 11.9 Å². The Morgan fingerprint density at radius 2 is 0.423 bits per heavy atom. The van der Waals surface area contributed by atoms with Crippen LogP contribution in [0.25, 0.3) is 0 Å². The quantitative estimate of drug-likeness (QED) is 0.0462. The molecule has 52 heavy (non-hydrogen) atoms. The van der Waals surface area contributed by atoms with Crippen molar-refractivity contribution < 1.29 is 19.1 Å². The topological polar surface area (TPSA) is 52.6 Å². The Morgan fingerprint density at radius 1 is 0.250 bits per heavy atom. The van der Waals surface area contributed by atoms with Gasteiger partial charge in [0.1, 0.15) is 0 Å². The van der Waals surface area contributed by atoms with Crippen LogP contribution < -0.4 is 0 Å². The highest BCUT2D eigenvalue weighted by molar-refractivity contribution is 5.69. The number of hydrogen-bond donors (Lipinski definition) is 0. The zero-order chi connectivity index (χ0) is 37.7. The number of esters is 2. The summed E-state index contributed by atoms with van der Waals surface area (Å²) in [6, 6.07) is 0. The Kier molecular flexibility index (Phi) is 45.2. The third kappa shape index (κ3) is 45.1. The van der Waals surface area contributed by atoms with Gasteiger partial charge in [-0.1, -0.05) is 245 Å². The average molecular weight is 735 g/mol. The van der Waals surface area contributed by atoms with Crippen molar-refractivity contribution in [2.75, 3.05) is 13.2 Å². The summed E-state index contributed by atoms with van der Waals surface area (Å²) in [6.07, 6.45) is 53.6. The van der Waals surface area contributed by atoms with Crippen LogP contribution in [-0.2, 0) is 19.1 Å². The maximum absolute atomic E-state index is 12.0. The largest absolute Gasteiger partial charge is 0.466 e. The SMILES string of the molecule is CCCCCCCCCCCCCCCCCCOC(=O)CCCCCCCCCCC(=O)OCCCCCCCCCCCCCCCCCC. The molecule has 0 aliphatic carbocycles. The van der Waals surface area contributed by atoms with Crippen LogP contribution in [0.5, 0.6) is 0 Å². The van der Waals surface area contributed by atoms with E-state index in [0.717, 1.165) is 38.5 Å². The van der Waals surface area contributed by atoms with Crippen LogP contribution in [0.15, 0.2) is 0 Å². The van der Waals surface area contributed by atoms with Crippen molar-refractivity contribution >= 4 is 11.9 Å². The molecular weight excluding hydrogens is 641 g/mol. The normalized spacial score (nSPS) is 11.3. The predicted octanol–water partition coefficient (Wildman–Crippen LogP) is 16.5. The second kappa shape index (κ2) is 46.1. The Labute approximate surface area is 326 Å². The van der Waals surface area contributed by atoms with Crippen molar-refractivity contribution in [2.24, 2.45) is 0 Å². The molecule has 0 atom stereocenters. The molecule has 0 saturated carbocycles. The Balaban J connectivity index is 3.22. The first-order chi connectivity index (χ1) is 25.7. The standard InChI is InChI=1S/C48H94O4/c1-3-5-7-9-11-13-15-17-19-21-23-25-29-33-37-41-45-51-47(49)43-39-35-31-27-28-32-36-40-44-48(50)52-46-42-38-34-30-26-24-22-20-18-16-14-12-10-8-6-4-2/h3-46H2,1-2H3. The first kappa shape index (κ1) is 50.9. The zero-order valence-electron chi connectivity index (χ0n) is 35.7. The lowest BCUT2D eigenvalue weighted by Crippen LogP contribution is -2.05. The van der Waals surface area contributed by atoms with Gasteiger partial charge < -0.3 is 9.47 Å². The number of carbonyl (C=O) groups excluding carboxylic acids is 2. The molecule has 0 aliphatic rings. The highest BCUT2D eigenvalue weighted by Gasteiger charge is 2.05. The molecule has 0 bridgehead atoms. The molecule has 0 heterocycles. The second-order valence-electron chi connectivity index (χ2n) is 16.4. The van der Waals surface area contributed by atoms with Crippen molar-refractivity contribution in [1.82, 2.24) is 0 Å². The van der Waals surface area contributed by atoms with Gasteiger partial charge in [0.25, 0.3) is 0 Å². The molecular formula is C48H94O4. The number of rotatable bonds is 45. The lowest BCUT2D eigenvalue weighted by molar-refractivity contribution is -0.144. The van der Waals surface area contributed by atoms with E-state index in [1.165, 1.54) is 218 Å². The van der Waals surface area contributed by atoms with Crippen molar-refractivity contribution in [3.05, 3.63) is 0 Å². The molecule has 0 fully saturated rings. The fourth-order valence-electron chi connectivity index (χ4n) is 7.42. The minimum absolute atomic E-state index is 0.0114. The molecule has 0 aromatic carbocycles. The summed E-state index contributed by atoms with van der Waals surface area (Å²) in [5.74, 6) is -0.0229. The van der Waals surface area contributed by atoms with Crippen LogP contribution in [0.1, 0.15) is 284 Å². The van der Waals surface area contributed by atoms with Gasteiger partial charge in [-0.2, -0.15) is 0 Å². The molecule has 0 radical (unpaired) electrons. The van der Waals surface area contributed by atoms with E-state index in [1.807, 2.05) is 0 Å².